The van der Waals surface area contributed by atoms with E-state index in [1.807, 2.05) is 60.7 Å². The monoisotopic (exact) mass is 361 g/mol. The van der Waals surface area contributed by atoms with Crippen molar-refractivity contribution < 1.29 is 9.47 Å². The van der Waals surface area contributed by atoms with E-state index < -0.39 is 0 Å². The van der Waals surface area contributed by atoms with Crippen molar-refractivity contribution in [1.82, 2.24) is 0 Å². The molecule has 132 valence electrons. The fourth-order valence-electron chi connectivity index (χ4n) is 3.62. The van der Waals surface area contributed by atoms with Crippen molar-refractivity contribution in [2.45, 2.75) is 0 Å². The van der Waals surface area contributed by atoms with Crippen LogP contribution in [-0.2, 0) is 0 Å². The summed E-state index contributed by atoms with van der Waals surface area (Å²) >= 11 is 0. The van der Waals surface area contributed by atoms with E-state index in [2.05, 4.69) is 11.8 Å². The molecular weight excluding hydrogens is 344 g/mol. The standard InChI is InChI=1S/C26H17O2/c1-5-17-7-9-19-11-13-23(27-3)25(21(19)15-17)26-22-16-18(6-2)8-10-20(22)12-14-24(26)28-4/h1,7-16H,3-4H3/q+1. The Morgan fingerprint density at radius 3 is 1.64 bits per heavy atom. The molecule has 0 fully saturated rings. The van der Waals surface area contributed by atoms with Gasteiger partial charge in [-0.1, -0.05) is 0 Å². The molecule has 2 heteroatoms. The van der Waals surface area contributed by atoms with Gasteiger partial charge in [0.2, 0.25) is 0 Å². The third-order valence-electron chi connectivity index (χ3n) is 4.97. The number of hydrogen-bond acceptors (Lipinski definition) is 2. The molecule has 0 aliphatic rings. The molecule has 4 rings (SSSR count). The summed E-state index contributed by atoms with van der Waals surface area (Å²) in [6.45, 7) is 0. The van der Waals surface area contributed by atoms with Gasteiger partial charge in [0.1, 0.15) is 0 Å². The molecule has 0 atom stereocenters. The van der Waals surface area contributed by atoms with Crippen LogP contribution < -0.4 is 9.47 Å². The number of methoxy groups -OCH3 is 2. The summed E-state index contributed by atoms with van der Waals surface area (Å²) in [4.78, 5) is 0. The predicted molar refractivity (Wildman–Crippen MR) is 114 cm³/mol. The number of fused-ring (bicyclic) bond motifs is 2. The van der Waals surface area contributed by atoms with Crippen molar-refractivity contribution in [3.8, 4) is 40.9 Å². The molecule has 0 aliphatic carbocycles. The quantitative estimate of drug-likeness (QED) is 0.349. The number of hydrogen-bond donors (Lipinski definition) is 0. The average Bonchev–Trinajstić information content (AvgIpc) is 2.76. The first-order valence-corrected chi connectivity index (χ1v) is 8.81. The van der Waals surface area contributed by atoms with Crippen molar-refractivity contribution in [2.24, 2.45) is 0 Å². The molecular formula is C26H17O2+. The first-order valence-electron chi connectivity index (χ1n) is 8.81. The minimum atomic E-state index is 0.700. The van der Waals surface area contributed by atoms with E-state index in [9.17, 15) is 0 Å². The van der Waals surface area contributed by atoms with Crippen LogP contribution in [0, 0.1) is 24.7 Å². The molecule has 0 heterocycles. The van der Waals surface area contributed by atoms with Crippen LogP contribution in [0.15, 0.2) is 60.7 Å². The zero-order chi connectivity index (χ0) is 19.7. The van der Waals surface area contributed by atoms with E-state index in [0.717, 1.165) is 49.7 Å². The summed E-state index contributed by atoms with van der Waals surface area (Å²) in [5, 5.41) is 4.06. The summed E-state index contributed by atoms with van der Waals surface area (Å²) in [5.41, 5.74) is 3.33. The normalized spacial score (nSPS) is 10.5. The van der Waals surface area contributed by atoms with Gasteiger partial charge in [-0.05, 0) is 0 Å². The molecule has 4 aromatic rings. The molecule has 0 aromatic heterocycles. The van der Waals surface area contributed by atoms with Gasteiger partial charge >= 0.3 is 164 Å². The Hall–Kier alpha value is -3.66. The van der Waals surface area contributed by atoms with Gasteiger partial charge in [0, 0.05) is 0 Å². The SMILES string of the molecule is [C+]#Cc1ccc2ccc(OC)c(-c3c(OC)ccc4ccc(C#C)cc34)c2c1. The molecule has 2 nitrogen and oxygen atoms in total. The van der Waals surface area contributed by atoms with Crippen LogP contribution >= 0.6 is 0 Å². The van der Waals surface area contributed by atoms with Gasteiger partial charge in [-0.15, -0.1) is 0 Å². The molecule has 0 amide bonds. The van der Waals surface area contributed by atoms with Crippen molar-refractivity contribution >= 4 is 21.5 Å². The third-order valence-corrected chi connectivity index (χ3v) is 4.97. The molecule has 0 radical (unpaired) electrons. The number of rotatable bonds is 3. The summed E-state index contributed by atoms with van der Waals surface area (Å²) in [7, 11) is 3.31. The zero-order valence-electron chi connectivity index (χ0n) is 15.7. The Labute approximate surface area is 164 Å². The number of terminal acetylenes is 1. The average molecular weight is 361 g/mol. The van der Waals surface area contributed by atoms with E-state index in [-0.39, 0.29) is 0 Å². The van der Waals surface area contributed by atoms with Crippen molar-refractivity contribution in [1.29, 1.82) is 0 Å². The number of benzene rings is 4. The first-order chi connectivity index (χ1) is 13.7. The van der Waals surface area contributed by atoms with Gasteiger partial charge in [-0.2, -0.15) is 0 Å². The van der Waals surface area contributed by atoms with Crippen LogP contribution in [0.25, 0.3) is 32.7 Å². The zero-order valence-corrected chi connectivity index (χ0v) is 15.7. The Morgan fingerprint density at radius 2 is 1.18 bits per heavy atom. The van der Waals surface area contributed by atoms with Crippen LogP contribution in [0.1, 0.15) is 11.1 Å². The molecule has 0 bridgehead atoms. The van der Waals surface area contributed by atoms with Crippen molar-refractivity contribution in [2.75, 3.05) is 14.2 Å². The molecule has 0 unspecified atom stereocenters. The molecule has 4 aromatic carbocycles. The van der Waals surface area contributed by atoms with Crippen LogP contribution in [-0.4, -0.2) is 14.2 Å². The van der Waals surface area contributed by atoms with E-state index in [4.69, 9.17) is 22.3 Å². The van der Waals surface area contributed by atoms with E-state index in [1.165, 1.54) is 0 Å². The van der Waals surface area contributed by atoms with Gasteiger partial charge in [-0.25, -0.2) is 0 Å². The first kappa shape index (κ1) is 17.7. The van der Waals surface area contributed by atoms with E-state index >= 15 is 0 Å². The fraction of sp³-hybridized carbons (Fsp3) is 0.0769. The van der Waals surface area contributed by atoms with Crippen LogP contribution in [0.5, 0.6) is 11.5 Å². The maximum atomic E-state index is 7.53. The maximum absolute atomic E-state index is 7.53. The van der Waals surface area contributed by atoms with E-state index in [0.29, 0.717) is 5.56 Å². The predicted octanol–water partition coefficient (Wildman–Crippen LogP) is 5.60. The van der Waals surface area contributed by atoms with Gasteiger partial charge in [0.15, 0.2) is 0 Å². The van der Waals surface area contributed by atoms with Crippen LogP contribution in [0.4, 0.5) is 0 Å². The summed E-state index contributed by atoms with van der Waals surface area (Å²) < 4.78 is 11.4. The molecule has 0 saturated carbocycles. The molecule has 0 saturated heterocycles. The van der Waals surface area contributed by atoms with E-state index in [1.54, 1.807) is 14.2 Å². The summed E-state index contributed by atoms with van der Waals surface area (Å²) in [6, 6.07) is 19.7. The molecule has 28 heavy (non-hydrogen) atoms. The Kier molecular flexibility index (Phi) is 4.53. The molecule has 0 N–H and O–H groups in total. The van der Waals surface area contributed by atoms with Gasteiger partial charge < -0.3 is 0 Å². The van der Waals surface area contributed by atoms with Gasteiger partial charge in [0.05, 0.1) is 0 Å². The molecule has 0 aliphatic heterocycles. The Morgan fingerprint density at radius 1 is 0.714 bits per heavy atom. The van der Waals surface area contributed by atoms with Crippen LogP contribution in [0.3, 0.4) is 0 Å². The van der Waals surface area contributed by atoms with Gasteiger partial charge in [-0.3, -0.25) is 0 Å². The Balaban J connectivity index is 2.23. The minimum absolute atomic E-state index is 0.700. The fourth-order valence-corrected chi connectivity index (χ4v) is 3.62. The topological polar surface area (TPSA) is 18.5 Å². The second-order valence-corrected chi connectivity index (χ2v) is 6.43. The second-order valence-electron chi connectivity index (χ2n) is 6.43. The van der Waals surface area contributed by atoms with Crippen molar-refractivity contribution in [3.63, 3.8) is 0 Å². The second kappa shape index (κ2) is 7.16. The summed E-state index contributed by atoms with van der Waals surface area (Å²) in [5.74, 6) is 6.64. The van der Waals surface area contributed by atoms with Crippen LogP contribution in [0.2, 0.25) is 0 Å². The number of ether oxygens (including phenoxy) is 2. The Bertz CT molecular complexity index is 1200. The molecule has 0 spiro atoms. The van der Waals surface area contributed by atoms with Gasteiger partial charge in [0.25, 0.3) is 0 Å². The summed E-state index contributed by atoms with van der Waals surface area (Å²) in [6.07, 6.45) is 13.2. The van der Waals surface area contributed by atoms with Crippen molar-refractivity contribution in [3.05, 3.63) is 78.2 Å². The third kappa shape index (κ3) is 2.79.